The minimum Gasteiger partial charge on any atom is -0.368 e. The second kappa shape index (κ2) is 5.79. The molecule has 0 aliphatic carbocycles. The van der Waals surface area contributed by atoms with Crippen molar-refractivity contribution in [3.63, 3.8) is 0 Å². The van der Waals surface area contributed by atoms with Crippen molar-refractivity contribution >= 4 is 21.8 Å². The van der Waals surface area contributed by atoms with Gasteiger partial charge in [-0.3, -0.25) is 9.63 Å². The van der Waals surface area contributed by atoms with Crippen LogP contribution in [0.25, 0.3) is 0 Å². The normalized spacial score (nSPS) is 10.3. The number of hydroxylamine groups is 1. The number of carbonyl (C=O) groups is 1. The maximum atomic E-state index is 12.8. The van der Waals surface area contributed by atoms with E-state index >= 15 is 0 Å². The summed E-state index contributed by atoms with van der Waals surface area (Å²) < 4.78 is 13.2. The monoisotopic (exact) mass is 276 g/mol. The molecule has 0 bridgehead atoms. The van der Waals surface area contributed by atoms with Crippen LogP contribution in [0, 0.1) is 5.82 Å². The second-order valence-corrected chi connectivity index (χ2v) is 3.68. The van der Waals surface area contributed by atoms with Crippen LogP contribution in [0.4, 0.5) is 4.39 Å². The third-order valence-corrected chi connectivity index (χ3v) is 2.18. The van der Waals surface area contributed by atoms with Gasteiger partial charge in [0.05, 0.1) is 4.47 Å². The first kappa shape index (κ1) is 12.1. The minimum atomic E-state index is -0.553. The van der Waals surface area contributed by atoms with E-state index in [4.69, 9.17) is 10.6 Å². The lowest BCUT2D eigenvalue weighted by atomic mass is 10.2. The molecule has 4 nitrogen and oxygen atoms in total. The number of carbonyl (C=O) groups excluding carboxylic acids is 1. The van der Waals surface area contributed by atoms with Crippen molar-refractivity contribution in [1.82, 2.24) is 5.48 Å². The van der Waals surface area contributed by atoms with Gasteiger partial charge in [0.25, 0.3) is 0 Å². The first-order valence-electron chi connectivity index (χ1n) is 4.16. The average molecular weight is 277 g/mol. The molecule has 1 rings (SSSR count). The van der Waals surface area contributed by atoms with Crippen LogP contribution in [0.5, 0.6) is 0 Å². The summed E-state index contributed by atoms with van der Waals surface area (Å²) in [7, 11) is 0. The van der Waals surface area contributed by atoms with Crippen molar-refractivity contribution in [2.24, 2.45) is 5.73 Å². The molecule has 1 aromatic carbocycles. The van der Waals surface area contributed by atoms with Gasteiger partial charge in [0.15, 0.2) is 0 Å². The molecular weight excluding hydrogens is 267 g/mol. The van der Waals surface area contributed by atoms with Gasteiger partial charge in [-0.05, 0) is 33.6 Å². The number of nitrogens with two attached hydrogens (primary N) is 1. The Morgan fingerprint density at radius 2 is 2.33 bits per heavy atom. The number of halogens is 2. The smallest absolute Gasteiger partial charge is 0.245 e. The van der Waals surface area contributed by atoms with Gasteiger partial charge < -0.3 is 5.73 Å². The summed E-state index contributed by atoms with van der Waals surface area (Å²) in [5.74, 6) is -0.875. The van der Waals surface area contributed by atoms with Gasteiger partial charge in [-0.15, -0.1) is 0 Å². The fourth-order valence-electron chi connectivity index (χ4n) is 0.906. The number of rotatable bonds is 5. The van der Waals surface area contributed by atoms with Gasteiger partial charge in [-0.25, -0.2) is 4.39 Å². The summed E-state index contributed by atoms with van der Waals surface area (Å²) in [6.45, 7) is 0.175. The van der Waals surface area contributed by atoms with Crippen LogP contribution >= 0.6 is 15.9 Å². The lowest BCUT2D eigenvalue weighted by molar-refractivity contribution is -0.125. The van der Waals surface area contributed by atoms with E-state index in [0.717, 1.165) is 5.56 Å². The van der Waals surface area contributed by atoms with Crippen molar-refractivity contribution in [2.45, 2.75) is 6.54 Å². The fourth-order valence-corrected chi connectivity index (χ4v) is 1.33. The van der Waals surface area contributed by atoms with Crippen LogP contribution in [-0.4, -0.2) is 12.5 Å². The van der Waals surface area contributed by atoms with E-state index in [-0.39, 0.29) is 12.4 Å². The predicted molar refractivity (Wildman–Crippen MR) is 56.1 cm³/mol. The lowest BCUT2D eigenvalue weighted by Gasteiger charge is -2.04. The Morgan fingerprint density at radius 3 is 2.93 bits per heavy atom. The Hall–Kier alpha value is -0.980. The molecule has 0 saturated heterocycles. The number of benzene rings is 1. The van der Waals surface area contributed by atoms with Crippen LogP contribution in [0.15, 0.2) is 22.7 Å². The van der Waals surface area contributed by atoms with Gasteiger partial charge >= 0.3 is 0 Å². The van der Waals surface area contributed by atoms with E-state index in [0.29, 0.717) is 11.0 Å². The average Bonchev–Trinajstić information content (AvgIpc) is 2.18. The number of nitrogens with one attached hydrogen (secondary N) is 1. The number of hydrogen-bond donors (Lipinski definition) is 2. The predicted octanol–water partition coefficient (Wildman–Crippen LogP) is 1.09. The summed E-state index contributed by atoms with van der Waals surface area (Å²) >= 11 is 3.06. The molecule has 0 heterocycles. The summed E-state index contributed by atoms with van der Waals surface area (Å²) in [5.41, 5.74) is 8.22. The maximum absolute atomic E-state index is 12.8. The molecule has 0 aromatic heterocycles. The summed E-state index contributed by atoms with van der Waals surface area (Å²) in [5, 5.41) is 0. The van der Waals surface area contributed by atoms with Crippen molar-refractivity contribution < 1.29 is 14.0 Å². The van der Waals surface area contributed by atoms with Crippen LogP contribution in [0.3, 0.4) is 0 Å². The number of hydrogen-bond acceptors (Lipinski definition) is 3. The molecule has 0 atom stereocenters. The molecule has 0 saturated carbocycles. The Balaban J connectivity index is 2.38. The fraction of sp³-hybridized carbons (Fsp3) is 0.222. The Bertz CT molecular complexity index is 360. The zero-order valence-corrected chi connectivity index (χ0v) is 9.38. The number of amides is 1. The molecule has 0 aliphatic heterocycles. The second-order valence-electron chi connectivity index (χ2n) is 2.82. The van der Waals surface area contributed by atoms with Gasteiger partial charge in [0.2, 0.25) is 5.91 Å². The largest absolute Gasteiger partial charge is 0.368 e. The molecular formula is C9H10BrFN2O2. The molecule has 6 heteroatoms. The molecule has 0 unspecified atom stereocenters. The van der Waals surface area contributed by atoms with Crippen LogP contribution in [0.1, 0.15) is 5.56 Å². The lowest BCUT2D eigenvalue weighted by Crippen LogP contribution is -2.24. The van der Waals surface area contributed by atoms with E-state index in [1.165, 1.54) is 6.07 Å². The van der Waals surface area contributed by atoms with Crippen molar-refractivity contribution in [1.29, 1.82) is 0 Å². The van der Waals surface area contributed by atoms with E-state index in [1.54, 1.807) is 12.1 Å². The van der Waals surface area contributed by atoms with Gasteiger partial charge in [0.1, 0.15) is 12.4 Å². The molecule has 82 valence electrons. The third-order valence-electron chi connectivity index (χ3n) is 1.58. The standard InChI is InChI=1S/C9H10BrFN2O2/c10-7-3-6(1-2-8(7)11)4-13-15-5-9(12)14/h1-3,13H,4-5H2,(H2,12,14). The third kappa shape index (κ3) is 4.37. The van der Waals surface area contributed by atoms with Gasteiger partial charge in [-0.1, -0.05) is 6.07 Å². The molecule has 3 N–H and O–H groups in total. The van der Waals surface area contributed by atoms with E-state index in [1.807, 2.05) is 0 Å². The maximum Gasteiger partial charge on any atom is 0.245 e. The SMILES string of the molecule is NC(=O)CONCc1ccc(F)c(Br)c1. The zero-order chi connectivity index (χ0) is 11.3. The molecule has 15 heavy (non-hydrogen) atoms. The van der Waals surface area contributed by atoms with Crippen LogP contribution in [-0.2, 0) is 16.2 Å². The highest BCUT2D eigenvalue weighted by Gasteiger charge is 2.00. The Kier molecular flexibility index (Phi) is 4.67. The highest BCUT2D eigenvalue weighted by molar-refractivity contribution is 9.10. The highest BCUT2D eigenvalue weighted by Crippen LogP contribution is 2.16. The van der Waals surface area contributed by atoms with Crippen molar-refractivity contribution in [3.8, 4) is 0 Å². The highest BCUT2D eigenvalue weighted by atomic mass is 79.9. The van der Waals surface area contributed by atoms with E-state index in [2.05, 4.69) is 21.4 Å². The van der Waals surface area contributed by atoms with Crippen molar-refractivity contribution in [3.05, 3.63) is 34.1 Å². The summed E-state index contributed by atoms with van der Waals surface area (Å²) in [6, 6.07) is 4.58. The van der Waals surface area contributed by atoms with Crippen LogP contribution in [0.2, 0.25) is 0 Å². The minimum absolute atomic E-state index is 0.192. The van der Waals surface area contributed by atoms with Crippen LogP contribution < -0.4 is 11.2 Å². The topological polar surface area (TPSA) is 64.4 Å². The van der Waals surface area contributed by atoms with Gasteiger partial charge in [-0.2, -0.15) is 5.48 Å². The summed E-state index contributed by atoms with van der Waals surface area (Å²) in [6.07, 6.45) is 0. The quantitative estimate of drug-likeness (QED) is 0.625. The van der Waals surface area contributed by atoms with E-state index in [9.17, 15) is 9.18 Å². The van der Waals surface area contributed by atoms with E-state index < -0.39 is 5.91 Å². The Morgan fingerprint density at radius 1 is 1.60 bits per heavy atom. The molecule has 0 fully saturated rings. The Labute approximate surface area is 94.7 Å². The molecule has 0 radical (unpaired) electrons. The molecule has 1 amide bonds. The molecule has 1 aromatic rings. The zero-order valence-electron chi connectivity index (χ0n) is 7.80. The van der Waals surface area contributed by atoms with Crippen molar-refractivity contribution in [2.75, 3.05) is 6.61 Å². The molecule has 0 aliphatic rings. The first-order valence-corrected chi connectivity index (χ1v) is 4.96. The first-order chi connectivity index (χ1) is 7.09. The summed E-state index contributed by atoms with van der Waals surface area (Å²) in [4.78, 5) is 15.0. The van der Waals surface area contributed by atoms with Gasteiger partial charge in [0, 0.05) is 6.54 Å². The number of primary amides is 1. The molecule has 0 spiro atoms.